The Balaban J connectivity index is 1.69. The lowest BCUT2D eigenvalue weighted by molar-refractivity contribution is -0.129. The van der Waals surface area contributed by atoms with Gasteiger partial charge in [-0.1, -0.05) is 29.8 Å². The molecule has 0 spiro atoms. The Hall–Kier alpha value is -2.01. The molecule has 22 heavy (non-hydrogen) atoms. The predicted molar refractivity (Wildman–Crippen MR) is 85.2 cm³/mol. The van der Waals surface area contributed by atoms with Crippen LogP contribution >= 0.6 is 11.6 Å². The molecule has 0 unspecified atom stereocenters. The van der Waals surface area contributed by atoms with Crippen molar-refractivity contribution < 1.29 is 4.79 Å². The van der Waals surface area contributed by atoms with Crippen molar-refractivity contribution in [1.29, 1.82) is 0 Å². The molecule has 1 aliphatic heterocycles. The summed E-state index contributed by atoms with van der Waals surface area (Å²) in [5, 5.41) is 6.01. The van der Waals surface area contributed by atoms with E-state index < -0.39 is 0 Å². The van der Waals surface area contributed by atoms with Gasteiger partial charge in [0.05, 0.1) is 6.42 Å². The number of hydrogen-bond acceptors (Lipinski definition) is 2. The summed E-state index contributed by atoms with van der Waals surface area (Å²) in [6.07, 6.45) is 1.04. The fraction of sp³-hybridized carbons (Fsp3) is 0.375. The van der Waals surface area contributed by atoms with Crippen molar-refractivity contribution in [2.45, 2.75) is 25.7 Å². The van der Waals surface area contributed by atoms with E-state index >= 15 is 0 Å². The molecule has 116 valence electrons. The van der Waals surface area contributed by atoms with Gasteiger partial charge in [-0.2, -0.15) is 0 Å². The van der Waals surface area contributed by atoms with Gasteiger partial charge in [-0.05, 0) is 25.0 Å². The second-order valence-corrected chi connectivity index (χ2v) is 6.11. The number of H-pyrrole nitrogens is 2. The number of aromatic nitrogens is 2. The van der Waals surface area contributed by atoms with E-state index in [1.54, 1.807) is 6.92 Å². The van der Waals surface area contributed by atoms with Crippen LogP contribution in [0.25, 0.3) is 0 Å². The van der Waals surface area contributed by atoms with Crippen LogP contribution in [0.1, 0.15) is 29.2 Å². The van der Waals surface area contributed by atoms with Crippen LogP contribution in [0.15, 0.2) is 29.1 Å². The Morgan fingerprint density at radius 3 is 2.82 bits per heavy atom. The molecule has 1 fully saturated rings. The highest BCUT2D eigenvalue weighted by Gasteiger charge is 2.29. The van der Waals surface area contributed by atoms with Gasteiger partial charge in [0.15, 0.2) is 0 Å². The number of carbonyl (C=O) groups is 1. The van der Waals surface area contributed by atoms with Crippen LogP contribution in [0.3, 0.4) is 0 Å². The highest BCUT2D eigenvalue weighted by atomic mass is 35.5. The first-order chi connectivity index (χ1) is 10.6. The van der Waals surface area contributed by atoms with Gasteiger partial charge < -0.3 is 10.00 Å². The molecule has 6 heteroatoms. The van der Waals surface area contributed by atoms with Gasteiger partial charge in [-0.15, -0.1) is 0 Å². The Labute approximate surface area is 133 Å². The third kappa shape index (κ3) is 2.81. The Bertz CT molecular complexity index is 750. The minimum absolute atomic E-state index is 0.0113. The number of benzene rings is 1. The van der Waals surface area contributed by atoms with Crippen molar-refractivity contribution in [3.63, 3.8) is 0 Å². The zero-order valence-corrected chi connectivity index (χ0v) is 13.1. The molecule has 1 aromatic carbocycles. The minimum Gasteiger partial charge on any atom is -0.342 e. The summed E-state index contributed by atoms with van der Waals surface area (Å²) in [4.78, 5) is 25.9. The normalized spacial score (nSPS) is 17.9. The molecule has 1 aromatic heterocycles. The molecule has 2 N–H and O–H groups in total. The number of amides is 1. The van der Waals surface area contributed by atoms with Crippen LogP contribution in [0.5, 0.6) is 0 Å². The van der Waals surface area contributed by atoms with Crippen LogP contribution in [-0.4, -0.2) is 34.1 Å². The van der Waals surface area contributed by atoms with Gasteiger partial charge in [-0.3, -0.25) is 14.7 Å². The quantitative estimate of drug-likeness (QED) is 0.911. The zero-order valence-electron chi connectivity index (χ0n) is 12.4. The summed E-state index contributed by atoms with van der Waals surface area (Å²) in [6.45, 7) is 3.15. The topological polar surface area (TPSA) is 69.0 Å². The smallest absolute Gasteiger partial charge is 0.267 e. The number of nitrogens with zero attached hydrogens (tertiary/aromatic N) is 1. The highest BCUT2D eigenvalue weighted by molar-refractivity contribution is 6.31. The van der Waals surface area contributed by atoms with Crippen molar-refractivity contribution >= 4 is 17.5 Å². The van der Waals surface area contributed by atoms with Crippen molar-refractivity contribution in [3.05, 3.63) is 56.5 Å². The molecule has 2 heterocycles. The first-order valence-corrected chi connectivity index (χ1v) is 7.72. The van der Waals surface area contributed by atoms with Crippen LogP contribution < -0.4 is 5.56 Å². The van der Waals surface area contributed by atoms with Crippen molar-refractivity contribution in [1.82, 2.24) is 15.1 Å². The molecule has 1 saturated heterocycles. The van der Waals surface area contributed by atoms with E-state index in [1.165, 1.54) is 0 Å². The lowest BCUT2D eigenvalue weighted by Crippen LogP contribution is -2.31. The van der Waals surface area contributed by atoms with Crippen LogP contribution in [0, 0.1) is 6.92 Å². The molecule has 1 amide bonds. The Kier molecular flexibility index (Phi) is 4.07. The van der Waals surface area contributed by atoms with E-state index in [0.717, 1.165) is 22.7 Å². The first kappa shape index (κ1) is 14.9. The number of aromatic amines is 2. The fourth-order valence-corrected chi connectivity index (χ4v) is 3.28. The Morgan fingerprint density at radius 2 is 2.14 bits per heavy atom. The lowest BCUT2D eigenvalue weighted by Gasteiger charge is -2.17. The average molecular weight is 320 g/mol. The van der Waals surface area contributed by atoms with Gasteiger partial charge in [0, 0.05) is 35.3 Å². The van der Waals surface area contributed by atoms with Gasteiger partial charge in [0.1, 0.15) is 0 Å². The number of halogens is 1. The van der Waals surface area contributed by atoms with Crippen molar-refractivity contribution in [2.24, 2.45) is 0 Å². The first-order valence-electron chi connectivity index (χ1n) is 7.34. The lowest BCUT2D eigenvalue weighted by atomic mass is 9.98. The summed E-state index contributed by atoms with van der Waals surface area (Å²) in [5.41, 5.74) is 2.12. The van der Waals surface area contributed by atoms with Crippen molar-refractivity contribution in [3.8, 4) is 0 Å². The van der Waals surface area contributed by atoms with Crippen LogP contribution in [0.4, 0.5) is 0 Å². The summed E-state index contributed by atoms with van der Waals surface area (Å²) >= 11 is 6.24. The largest absolute Gasteiger partial charge is 0.342 e. The maximum Gasteiger partial charge on any atom is 0.267 e. The summed E-state index contributed by atoms with van der Waals surface area (Å²) in [7, 11) is 0. The van der Waals surface area contributed by atoms with Gasteiger partial charge in [0.2, 0.25) is 5.91 Å². The molecular formula is C16H18ClN3O2. The second-order valence-electron chi connectivity index (χ2n) is 5.71. The number of nitrogens with one attached hydrogen (secondary N) is 2. The molecule has 1 atom stereocenters. The third-order valence-corrected chi connectivity index (χ3v) is 4.65. The summed E-state index contributed by atoms with van der Waals surface area (Å²) in [6, 6.07) is 7.77. The number of aryl methyl sites for hydroxylation is 1. The molecule has 1 aliphatic rings. The number of hydrogen-bond donors (Lipinski definition) is 2. The second kappa shape index (κ2) is 6.01. The minimum atomic E-state index is -0.215. The van der Waals surface area contributed by atoms with Crippen LogP contribution in [0.2, 0.25) is 5.02 Å². The monoisotopic (exact) mass is 319 g/mol. The molecule has 3 rings (SSSR count). The summed E-state index contributed by atoms with van der Waals surface area (Å²) < 4.78 is 0. The maximum atomic E-state index is 12.4. The van der Waals surface area contributed by atoms with E-state index in [-0.39, 0.29) is 23.8 Å². The number of carbonyl (C=O) groups excluding carboxylic acids is 1. The Morgan fingerprint density at radius 1 is 1.36 bits per heavy atom. The van der Waals surface area contributed by atoms with E-state index in [0.29, 0.717) is 18.7 Å². The van der Waals surface area contributed by atoms with E-state index in [9.17, 15) is 9.59 Å². The fourth-order valence-electron chi connectivity index (χ4n) is 2.99. The van der Waals surface area contributed by atoms with Gasteiger partial charge in [0.25, 0.3) is 5.56 Å². The molecule has 5 nitrogen and oxygen atoms in total. The highest BCUT2D eigenvalue weighted by Crippen LogP contribution is 2.32. The summed E-state index contributed by atoms with van der Waals surface area (Å²) in [5.74, 6) is 0.256. The van der Waals surface area contributed by atoms with Gasteiger partial charge >= 0.3 is 0 Å². The molecular weight excluding hydrogens is 302 g/mol. The molecule has 0 aliphatic carbocycles. The van der Waals surface area contributed by atoms with Gasteiger partial charge in [-0.25, -0.2) is 0 Å². The van der Waals surface area contributed by atoms with Crippen LogP contribution in [-0.2, 0) is 11.2 Å². The van der Waals surface area contributed by atoms with E-state index in [2.05, 4.69) is 10.2 Å². The maximum absolute atomic E-state index is 12.4. The molecule has 0 bridgehead atoms. The average Bonchev–Trinajstić information content (AvgIpc) is 3.10. The predicted octanol–water partition coefficient (Wildman–Crippen LogP) is 2.22. The molecule has 0 radical (unpaired) electrons. The van der Waals surface area contributed by atoms with Crippen molar-refractivity contribution in [2.75, 3.05) is 13.1 Å². The molecule has 2 aromatic rings. The zero-order chi connectivity index (χ0) is 15.7. The standard InChI is InChI=1S/C16H18ClN3O2/c1-10-13(16(22)19-18-10)8-15(21)20-7-6-11(9-20)12-4-2-3-5-14(12)17/h2-5,11H,6-9H2,1H3,(H2,18,19,22)/t11-/m1/s1. The SMILES string of the molecule is Cc1[nH][nH]c(=O)c1CC(=O)N1CC[C@@H](c2ccccc2Cl)C1. The third-order valence-electron chi connectivity index (χ3n) is 4.30. The van der Waals surface area contributed by atoms with E-state index in [4.69, 9.17) is 11.6 Å². The molecule has 0 saturated carbocycles. The number of rotatable bonds is 3. The van der Waals surface area contributed by atoms with E-state index in [1.807, 2.05) is 29.2 Å². The number of likely N-dealkylation sites (tertiary alicyclic amines) is 1.